The molecule has 2 amide bonds. The van der Waals surface area contributed by atoms with Gasteiger partial charge in [0.15, 0.2) is 6.61 Å². The number of thiocarbonyl (C=S) groups is 1. The van der Waals surface area contributed by atoms with Gasteiger partial charge >= 0.3 is 6.36 Å². The van der Waals surface area contributed by atoms with Crippen LogP contribution in [0.3, 0.4) is 0 Å². The van der Waals surface area contributed by atoms with Crippen molar-refractivity contribution < 1.29 is 32.2 Å². The SMILES string of the molecule is O=C1NC(=S)S/C1=C/c1ccc2c(c1)N(Cc1cccc(OC(F)(F)F)c1)C(=O)CO2. The fourth-order valence-corrected chi connectivity index (χ4v) is 4.12. The number of benzene rings is 2. The van der Waals surface area contributed by atoms with E-state index in [9.17, 15) is 22.8 Å². The number of carbonyl (C=O) groups excluding carboxylic acids is 2. The maximum Gasteiger partial charge on any atom is 0.573 e. The molecule has 1 saturated heterocycles. The summed E-state index contributed by atoms with van der Waals surface area (Å²) < 4.78 is 47.3. The van der Waals surface area contributed by atoms with Gasteiger partial charge in [-0.25, -0.2) is 0 Å². The lowest BCUT2D eigenvalue weighted by molar-refractivity contribution is -0.274. The van der Waals surface area contributed by atoms with Crippen LogP contribution < -0.4 is 19.7 Å². The van der Waals surface area contributed by atoms with Gasteiger partial charge in [-0.2, -0.15) is 0 Å². The Morgan fingerprint density at radius 3 is 2.74 bits per heavy atom. The van der Waals surface area contributed by atoms with Gasteiger partial charge in [-0.15, -0.1) is 13.2 Å². The summed E-state index contributed by atoms with van der Waals surface area (Å²) >= 11 is 6.10. The van der Waals surface area contributed by atoms with Gasteiger partial charge in [-0.3, -0.25) is 9.59 Å². The fourth-order valence-electron chi connectivity index (χ4n) is 3.08. The Labute approximate surface area is 184 Å². The van der Waals surface area contributed by atoms with Crippen molar-refractivity contribution in [3.8, 4) is 11.5 Å². The molecule has 0 radical (unpaired) electrons. The molecular weight excluding hydrogens is 453 g/mol. The highest BCUT2D eigenvalue weighted by atomic mass is 32.2. The molecular formula is C20H13F3N2O4S2. The highest BCUT2D eigenvalue weighted by Gasteiger charge is 2.31. The number of amides is 2. The number of alkyl halides is 3. The first-order chi connectivity index (χ1) is 14.7. The minimum Gasteiger partial charge on any atom is -0.482 e. The molecule has 0 saturated carbocycles. The summed E-state index contributed by atoms with van der Waals surface area (Å²) in [5.41, 5.74) is 1.53. The van der Waals surface area contributed by atoms with Crippen molar-refractivity contribution in [1.29, 1.82) is 0 Å². The van der Waals surface area contributed by atoms with E-state index in [2.05, 4.69) is 10.1 Å². The second-order valence-corrected chi connectivity index (χ2v) is 8.26. The fraction of sp³-hybridized carbons (Fsp3) is 0.150. The van der Waals surface area contributed by atoms with Crippen LogP contribution in [0.25, 0.3) is 6.08 Å². The van der Waals surface area contributed by atoms with Crippen LogP contribution in [-0.4, -0.2) is 29.1 Å². The molecule has 0 aliphatic carbocycles. The summed E-state index contributed by atoms with van der Waals surface area (Å²) in [4.78, 5) is 26.2. The normalized spacial score (nSPS) is 17.5. The number of nitrogens with zero attached hydrogens (tertiary/aromatic N) is 1. The molecule has 160 valence electrons. The molecule has 2 aromatic rings. The third-order valence-electron chi connectivity index (χ3n) is 4.34. The summed E-state index contributed by atoms with van der Waals surface area (Å²) in [7, 11) is 0. The van der Waals surface area contributed by atoms with Crippen molar-refractivity contribution in [3.63, 3.8) is 0 Å². The highest BCUT2D eigenvalue weighted by Crippen LogP contribution is 2.36. The minimum absolute atomic E-state index is 0.0175. The van der Waals surface area contributed by atoms with Crippen LogP contribution in [0.2, 0.25) is 0 Å². The van der Waals surface area contributed by atoms with E-state index in [1.807, 2.05) is 0 Å². The van der Waals surface area contributed by atoms with E-state index in [1.54, 1.807) is 30.3 Å². The van der Waals surface area contributed by atoms with Crippen molar-refractivity contribution in [3.05, 3.63) is 58.5 Å². The number of carbonyl (C=O) groups is 2. The van der Waals surface area contributed by atoms with Gasteiger partial charge in [0.2, 0.25) is 0 Å². The summed E-state index contributed by atoms with van der Waals surface area (Å²) in [5.74, 6) is -0.583. The van der Waals surface area contributed by atoms with E-state index in [4.69, 9.17) is 17.0 Å². The number of hydrogen-bond donors (Lipinski definition) is 1. The van der Waals surface area contributed by atoms with Gasteiger partial charge in [-0.1, -0.05) is 42.2 Å². The molecule has 1 fully saturated rings. The molecule has 0 aromatic heterocycles. The Bertz CT molecular complexity index is 1120. The predicted molar refractivity (Wildman–Crippen MR) is 113 cm³/mol. The molecule has 0 atom stereocenters. The van der Waals surface area contributed by atoms with Gasteiger partial charge in [0.05, 0.1) is 17.1 Å². The smallest absolute Gasteiger partial charge is 0.482 e. The Hall–Kier alpha value is -3.05. The Morgan fingerprint density at radius 1 is 1.23 bits per heavy atom. The summed E-state index contributed by atoms with van der Waals surface area (Å²) in [6.07, 6.45) is -3.18. The molecule has 0 unspecified atom stereocenters. The van der Waals surface area contributed by atoms with Crippen LogP contribution in [0.5, 0.6) is 11.5 Å². The quantitative estimate of drug-likeness (QED) is 0.543. The Morgan fingerprint density at radius 2 is 2.03 bits per heavy atom. The summed E-state index contributed by atoms with van der Waals surface area (Å²) in [5, 5.41) is 2.53. The third kappa shape index (κ3) is 5.00. The second-order valence-electron chi connectivity index (χ2n) is 6.54. The van der Waals surface area contributed by atoms with Gasteiger partial charge in [-0.05, 0) is 41.5 Å². The predicted octanol–water partition coefficient (Wildman–Crippen LogP) is 4.00. The molecule has 0 bridgehead atoms. The first kappa shape index (κ1) is 21.2. The van der Waals surface area contributed by atoms with Crippen LogP contribution in [-0.2, 0) is 16.1 Å². The lowest BCUT2D eigenvalue weighted by Crippen LogP contribution is -2.38. The summed E-state index contributed by atoms with van der Waals surface area (Å²) in [6, 6.07) is 10.5. The first-order valence-corrected chi connectivity index (χ1v) is 10.1. The molecule has 1 N–H and O–H groups in total. The average Bonchev–Trinajstić information content (AvgIpc) is 3.00. The molecule has 2 heterocycles. The number of nitrogens with one attached hydrogen (secondary N) is 1. The number of rotatable bonds is 4. The van der Waals surface area contributed by atoms with Crippen molar-refractivity contribution in [2.45, 2.75) is 12.9 Å². The van der Waals surface area contributed by atoms with E-state index in [0.717, 1.165) is 11.8 Å². The largest absolute Gasteiger partial charge is 0.573 e. The van der Waals surface area contributed by atoms with Crippen LogP contribution in [0.15, 0.2) is 47.4 Å². The van der Waals surface area contributed by atoms with E-state index < -0.39 is 6.36 Å². The molecule has 11 heteroatoms. The van der Waals surface area contributed by atoms with Gasteiger partial charge < -0.3 is 19.7 Å². The Kier molecular flexibility index (Phi) is 5.63. The van der Waals surface area contributed by atoms with Crippen LogP contribution in [0.1, 0.15) is 11.1 Å². The highest BCUT2D eigenvalue weighted by molar-refractivity contribution is 8.26. The maximum atomic E-state index is 12.5. The topological polar surface area (TPSA) is 67.9 Å². The molecule has 2 aromatic carbocycles. The van der Waals surface area contributed by atoms with Crippen molar-refractivity contribution >= 4 is 51.9 Å². The van der Waals surface area contributed by atoms with E-state index in [-0.39, 0.29) is 30.7 Å². The molecule has 0 spiro atoms. The number of anilines is 1. The monoisotopic (exact) mass is 466 g/mol. The maximum absolute atomic E-state index is 12.5. The number of hydrogen-bond acceptors (Lipinski definition) is 6. The number of halogens is 3. The summed E-state index contributed by atoms with van der Waals surface area (Å²) in [6.45, 7) is -0.178. The van der Waals surface area contributed by atoms with E-state index in [1.165, 1.54) is 23.1 Å². The van der Waals surface area contributed by atoms with Crippen LogP contribution in [0, 0.1) is 0 Å². The zero-order valence-corrected chi connectivity index (χ0v) is 17.2. The average molecular weight is 466 g/mol. The number of ether oxygens (including phenoxy) is 2. The van der Waals surface area contributed by atoms with E-state index >= 15 is 0 Å². The molecule has 2 aliphatic rings. The van der Waals surface area contributed by atoms with Crippen LogP contribution in [0.4, 0.5) is 18.9 Å². The lowest BCUT2D eigenvalue weighted by Gasteiger charge is -2.30. The van der Waals surface area contributed by atoms with Crippen molar-refractivity contribution in [1.82, 2.24) is 5.32 Å². The molecule has 4 rings (SSSR count). The second kappa shape index (κ2) is 8.23. The first-order valence-electron chi connectivity index (χ1n) is 8.85. The zero-order valence-electron chi connectivity index (χ0n) is 15.6. The van der Waals surface area contributed by atoms with Crippen molar-refractivity contribution in [2.75, 3.05) is 11.5 Å². The lowest BCUT2D eigenvalue weighted by atomic mass is 10.1. The zero-order chi connectivity index (χ0) is 22.2. The van der Waals surface area contributed by atoms with Crippen LogP contribution >= 0.6 is 24.0 Å². The number of fused-ring (bicyclic) bond motifs is 1. The molecule has 6 nitrogen and oxygen atoms in total. The van der Waals surface area contributed by atoms with Gasteiger partial charge in [0, 0.05) is 0 Å². The van der Waals surface area contributed by atoms with E-state index in [0.29, 0.717) is 31.8 Å². The Balaban J connectivity index is 1.63. The third-order valence-corrected chi connectivity index (χ3v) is 5.50. The minimum atomic E-state index is -4.81. The molecule has 31 heavy (non-hydrogen) atoms. The number of thioether (sulfide) groups is 1. The standard InChI is InChI=1S/C20H13F3N2O4S2/c21-20(22,23)29-13-3-1-2-12(6-13)9-25-14-7-11(4-5-15(14)28-10-17(25)26)8-16-18(27)24-19(30)31-16/h1-8H,9-10H2,(H,24,27,30)/b16-8+. The van der Waals surface area contributed by atoms with Gasteiger partial charge in [0.1, 0.15) is 15.8 Å². The molecule has 2 aliphatic heterocycles. The van der Waals surface area contributed by atoms with Crippen molar-refractivity contribution in [2.24, 2.45) is 0 Å². The van der Waals surface area contributed by atoms with Gasteiger partial charge in [0.25, 0.3) is 11.8 Å².